The number of aromatic nitrogens is 2. The third kappa shape index (κ3) is 6.61. The second-order valence-corrected chi connectivity index (χ2v) is 22.6. The van der Waals surface area contributed by atoms with Crippen molar-refractivity contribution in [3.63, 3.8) is 0 Å². The second-order valence-electron chi connectivity index (χ2n) is 22.6. The van der Waals surface area contributed by atoms with E-state index in [1.54, 1.807) is 0 Å². The Bertz CT molecular complexity index is 2830. The number of rotatable bonds is 5. The summed E-state index contributed by atoms with van der Waals surface area (Å²) in [4.78, 5) is 17.7. The van der Waals surface area contributed by atoms with Crippen LogP contribution in [0.25, 0.3) is 11.3 Å². The molecule has 0 saturated heterocycles. The van der Waals surface area contributed by atoms with E-state index in [0.717, 1.165) is 39.8 Å². The van der Waals surface area contributed by atoms with Gasteiger partial charge in [-0.3, -0.25) is 9.88 Å². The Morgan fingerprint density at radius 1 is 0.556 bits per heavy atom. The molecule has 0 spiro atoms. The Balaban J connectivity index is 1.17. The maximum Gasteiger partial charge on any atom is 0.217 e. The molecule has 1 aliphatic carbocycles. The first kappa shape index (κ1) is 42.5. The normalized spacial score (nSPS) is 20.9. The summed E-state index contributed by atoms with van der Waals surface area (Å²) in [5.74, 6) is 2.88. The van der Waals surface area contributed by atoms with Crippen molar-refractivity contribution >= 4 is 23.1 Å². The topological polar surface area (TPSA) is 59.8 Å². The lowest BCUT2D eigenvalue weighted by atomic mass is 9.67. The fraction of sp³-hybridized carbons (Fsp3) is 0.386. The fourth-order valence-corrected chi connectivity index (χ4v) is 10.4. The predicted octanol–water partition coefficient (Wildman–Crippen LogP) is 14.7. The van der Waals surface area contributed by atoms with Crippen LogP contribution in [-0.4, -0.2) is 21.4 Å². The molecule has 9 rings (SSSR count). The molecule has 0 bridgehead atoms. The van der Waals surface area contributed by atoms with Crippen LogP contribution in [0.15, 0.2) is 121 Å². The van der Waals surface area contributed by atoms with Crippen molar-refractivity contribution < 1.29 is 9.47 Å². The molecule has 0 unspecified atom stereocenters. The van der Waals surface area contributed by atoms with Gasteiger partial charge in [-0.1, -0.05) is 132 Å². The first-order valence-corrected chi connectivity index (χ1v) is 22.6. The molecule has 4 heterocycles. The minimum absolute atomic E-state index is 0.0406. The van der Waals surface area contributed by atoms with Gasteiger partial charge < -0.3 is 9.47 Å². The molecule has 2 aliphatic heterocycles. The molecular formula is C57H64N4O2. The van der Waals surface area contributed by atoms with Gasteiger partial charge in [-0.25, -0.2) is 9.98 Å². The summed E-state index contributed by atoms with van der Waals surface area (Å²) in [6, 6.07) is 36.6. The number of hydrogen-bond donors (Lipinski definition) is 0. The largest absolute Gasteiger partial charge is 0.464 e. The van der Waals surface area contributed by atoms with Gasteiger partial charge in [0.05, 0.1) is 17.1 Å². The molecule has 4 aromatic carbocycles. The van der Waals surface area contributed by atoms with Gasteiger partial charge in [-0.05, 0) is 118 Å². The highest BCUT2D eigenvalue weighted by Gasteiger charge is 2.68. The lowest BCUT2D eigenvalue weighted by molar-refractivity contribution is 0.0190. The molecule has 63 heavy (non-hydrogen) atoms. The van der Waals surface area contributed by atoms with Gasteiger partial charge >= 0.3 is 0 Å². The van der Waals surface area contributed by atoms with Gasteiger partial charge in [-0.15, -0.1) is 0 Å². The summed E-state index contributed by atoms with van der Waals surface area (Å²) in [6.45, 7) is 34.4. The minimum atomic E-state index is -0.714. The molecule has 324 valence electrons. The van der Waals surface area contributed by atoms with Crippen molar-refractivity contribution in [2.75, 3.05) is 4.90 Å². The molecule has 0 radical (unpaired) electrons. The van der Waals surface area contributed by atoms with Crippen LogP contribution in [0.4, 0.5) is 17.2 Å². The van der Waals surface area contributed by atoms with Crippen molar-refractivity contribution in [1.82, 2.24) is 9.97 Å². The molecule has 0 fully saturated rings. The van der Waals surface area contributed by atoms with Crippen molar-refractivity contribution in [1.29, 1.82) is 0 Å². The number of fused-ring (bicyclic) bond motifs is 5. The Morgan fingerprint density at radius 3 is 1.92 bits per heavy atom. The van der Waals surface area contributed by atoms with Crippen LogP contribution in [-0.2, 0) is 37.4 Å². The maximum absolute atomic E-state index is 7.34. The number of aliphatic imine (C=N–C) groups is 1. The summed E-state index contributed by atoms with van der Waals surface area (Å²) in [5, 5.41) is 0. The Kier molecular flexibility index (Phi) is 9.37. The number of para-hydroxylation sites is 1. The zero-order chi connectivity index (χ0) is 45.3. The van der Waals surface area contributed by atoms with Crippen molar-refractivity contribution in [3.05, 3.63) is 160 Å². The molecule has 0 N–H and O–H groups in total. The highest BCUT2D eigenvalue weighted by atomic mass is 16.5. The van der Waals surface area contributed by atoms with Gasteiger partial charge in [0.15, 0.2) is 5.60 Å². The lowest BCUT2D eigenvalue weighted by Gasteiger charge is -2.41. The number of pyridine rings is 2. The number of ether oxygens (including phenoxy) is 2. The van der Waals surface area contributed by atoms with Crippen LogP contribution >= 0.6 is 0 Å². The van der Waals surface area contributed by atoms with E-state index in [-0.39, 0.29) is 27.1 Å². The number of benzene rings is 4. The van der Waals surface area contributed by atoms with Crippen LogP contribution in [0.5, 0.6) is 11.5 Å². The molecule has 0 amide bonds. The summed E-state index contributed by atoms with van der Waals surface area (Å²) in [5.41, 5.74) is 11.7. The molecule has 0 saturated carbocycles. The number of nitrogens with zero attached hydrogens (tertiary/aromatic N) is 4. The fourth-order valence-electron chi connectivity index (χ4n) is 10.4. The van der Waals surface area contributed by atoms with Crippen molar-refractivity contribution in [2.24, 2.45) is 4.99 Å². The standard InChI is InChI=1S/C57H64N4O2/c1-51(2,3)37-25-27-59-48(33-37)61-46-22-17-16-20-41(46)54(10,11)42-24-23-39(34-47(42)61)62-40-29-35(45-21-18-19-26-58-45)28-36(30-40)50-60-57(15)55(12,13)49-43(53(7,8)9)31-38(52(4,5)6)32-44(49)56(57,14)63-50/h16-34H,1-15H3/t56-,57+/m0/s1. The number of hydrogen-bond acceptors (Lipinski definition) is 6. The van der Waals surface area contributed by atoms with Crippen molar-refractivity contribution in [3.8, 4) is 22.8 Å². The summed E-state index contributed by atoms with van der Waals surface area (Å²) >= 11 is 0. The zero-order valence-electron chi connectivity index (χ0n) is 40.1. The van der Waals surface area contributed by atoms with Gasteiger partial charge in [0.1, 0.15) is 22.9 Å². The third-order valence-electron chi connectivity index (χ3n) is 14.6. The summed E-state index contributed by atoms with van der Waals surface area (Å²) < 4.78 is 14.3. The van der Waals surface area contributed by atoms with Crippen LogP contribution in [0, 0.1) is 0 Å². The molecule has 2 aromatic heterocycles. The molecule has 6 aromatic rings. The van der Waals surface area contributed by atoms with Crippen LogP contribution < -0.4 is 9.64 Å². The van der Waals surface area contributed by atoms with Crippen LogP contribution in [0.2, 0.25) is 0 Å². The van der Waals surface area contributed by atoms with E-state index >= 15 is 0 Å². The zero-order valence-corrected chi connectivity index (χ0v) is 40.1. The predicted molar refractivity (Wildman–Crippen MR) is 260 cm³/mol. The van der Waals surface area contributed by atoms with E-state index < -0.39 is 11.1 Å². The Hall–Kier alpha value is -5.75. The Labute approximate surface area is 375 Å². The lowest BCUT2D eigenvalue weighted by Crippen LogP contribution is -2.49. The SMILES string of the molecule is CC(C)(C)c1ccnc(N2c3ccccc3C(C)(C)c3ccc(Oc4cc(C5=N[C@]6(C)C(C)(C)c7c(C(C)(C)C)cc(C(C)(C)C)cc7[C@]6(C)O5)cc(-c5ccccn5)c4)cc32)c1. The molecule has 6 nitrogen and oxygen atoms in total. The smallest absolute Gasteiger partial charge is 0.217 e. The average Bonchev–Trinajstić information content (AvgIpc) is 3.57. The number of anilines is 3. The first-order valence-electron chi connectivity index (χ1n) is 22.6. The van der Waals surface area contributed by atoms with E-state index in [4.69, 9.17) is 24.4 Å². The molecule has 3 aliphatic rings. The average molecular weight is 837 g/mol. The van der Waals surface area contributed by atoms with Gasteiger partial charge in [0.2, 0.25) is 5.90 Å². The van der Waals surface area contributed by atoms with Crippen LogP contribution in [0.3, 0.4) is 0 Å². The first-order chi connectivity index (χ1) is 29.3. The van der Waals surface area contributed by atoms with Gasteiger partial charge in [0, 0.05) is 46.0 Å². The Morgan fingerprint density at radius 2 is 1.24 bits per heavy atom. The third-order valence-corrected chi connectivity index (χ3v) is 14.6. The monoisotopic (exact) mass is 837 g/mol. The van der Waals surface area contributed by atoms with E-state index in [1.807, 2.05) is 30.6 Å². The maximum atomic E-state index is 7.34. The molecular weight excluding hydrogens is 773 g/mol. The second kappa shape index (κ2) is 13.9. The summed E-state index contributed by atoms with van der Waals surface area (Å²) in [7, 11) is 0. The molecule has 6 heteroatoms. The van der Waals surface area contributed by atoms with Crippen molar-refractivity contribution in [2.45, 2.75) is 142 Å². The van der Waals surface area contributed by atoms with E-state index in [2.05, 4.69) is 194 Å². The van der Waals surface area contributed by atoms with E-state index in [0.29, 0.717) is 11.6 Å². The molecule has 2 atom stereocenters. The van der Waals surface area contributed by atoms with E-state index in [9.17, 15) is 0 Å². The van der Waals surface area contributed by atoms with Gasteiger partial charge in [0.25, 0.3) is 0 Å². The highest BCUT2D eigenvalue weighted by molar-refractivity contribution is 5.98. The summed E-state index contributed by atoms with van der Waals surface area (Å²) in [6.07, 6.45) is 3.76. The van der Waals surface area contributed by atoms with E-state index in [1.165, 1.54) is 38.9 Å². The van der Waals surface area contributed by atoms with Crippen LogP contribution in [0.1, 0.15) is 148 Å². The quantitative estimate of drug-likeness (QED) is 0.173. The highest BCUT2D eigenvalue weighted by Crippen LogP contribution is 2.64. The van der Waals surface area contributed by atoms with Gasteiger partial charge in [-0.2, -0.15) is 0 Å². The minimum Gasteiger partial charge on any atom is -0.464 e.